The molecule has 1 amide bonds. The van der Waals surface area contributed by atoms with Gasteiger partial charge in [0.25, 0.3) is 5.91 Å². The smallest absolute Gasteiger partial charge is 0.273 e. The Kier molecular flexibility index (Phi) is 7.76. The fourth-order valence-electron chi connectivity index (χ4n) is 3.08. The van der Waals surface area contributed by atoms with Crippen molar-refractivity contribution in [1.82, 2.24) is 15.4 Å². The summed E-state index contributed by atoms with van der Waals surface area (Å²) in [5.74, 6) is 0.658. The fraction of sp³-hybridized carbons (Fsp3) is 0.778. The molecule has 0 aromatic carbocycles. The van der Waals surface area contributed by atoms with E-state index in [1.54, 1.807) is 0 Å². The molecule has 0 aliphatic heterocycles. The normalized spacial score (nSPS) is 12.0. The summed E-state index contributed by atoms with van der Waals surface area (Å²) in [4.78, 5) is 14.8. The lowest BCUT2D eigenvalue weighted by molar-refractivity contribution is 0.0892. The van der Waals surface area contributed by atoms with Gasteiger partial charge in [-0.15, -0.1) is 0 Å². The molecule has 1 rings (SSSR count). The molecule has 0 spiro atoms. The Hall–Kier alpha value is -1.36. The molecule has 1 aromatic rings. The summed E-state index contributed by atoms with van der Waals surface area (Å²) in [6.07, 6.45) is 3.97. The number of aryl methyl sites for hydroxylation is 1. The van der Waals surface area contributed by atoms with Crippen molar-refractivity contribution in [1.29, 1.82) is 0 Å². The van der Waals surface area contributed by atoms with Crippen LogP contribution in [0.3, 0.4) is 0 Å². The van der Waals surface area contributed by atoms with Crippen molar-refractivity contribution in [3.63, 3.8) is 0 Å². The van der Waals surface area contributed by atoms with Gasteiger partial charge in [0, 0.05) is 25.1 Å². The van der Waals surface area contributed by atoms with E-state index in [0.29, 0.717) is 12.2 Å². The standard InChI is InChI=1S/C18H33N3O2/c1-7-11-21(6)13-18(9-3,10-4)12-19-17(22)16-14(5)15(8-2)23-20-16/h7-13H2,1-6H3,(H,19,22). The van der Waals surface area contributed by atoms with Crippen molar-refractivity contribution in [3.05, 3.63) is 17.0 Å². The third-order valence-corrected chi connectivity index (χ3v) is 4.89. The Bertz CT molecular complexity index is 492. The first-order valence-corrected chi connectivity index (χ1v) is 8.84. The maximum atomic E-state index is 12.4. The molecule has 5 heteroatoms. The van der Waals surface area contributed by atoms with Crippen LogP contribution in [0, 0.1) is 12.3 Å². The van der Waals surface area contributed by atoms with Crippen molar-refractivity contribution >= 4 is 5.91 Å². The molecule has 0 atom stereocenters. The average Bonchev–Trinajstić information content (AvgIpc) is 2.92. The van der Waals surface area contributed by atoms with Gasteiger partial charge in [-0.2, -0.15) is 0 Å². The molecule has 0 saturated carbocycles. The van der Waals surface area contributed by atoms with Crippen molar-refractivity contribution in [2.75, 3.05) is 26.7 Å². The molecule has 0 radical (unpaired) electrons. The second-order valence-electron chi connectivity index (χ2n) is 6.56. The van der Waals surface area contributed by atoms with Gasteiger partial charge in [0.1, 0.15) is 5.76 Å². The highest BCUT2D eigenvalue weighted by molar-refractivity contribution is 5.93. The van der Waals surface area contributed by atoms with E-state index in [4.69, 9.17) is 4.52 Å². The van der Waals surface area contributed by atoms with E-state index < -0.39 is 0 Å². The Labute approximate surface area is 140 Å². The minimum absolute atomic E-state index is 0.102. The molecule has 0 aliphatic rings. The maximum Gasteiger partial charge on any atom is 0.273 e. The van der Waals surface area contributed by atoms with E-state index in [1.165, 1.54) is 0 Å². The number of carbonyl (C=O) groups excluding carboxylic acids is 1. The Morgan fingerprint density at radius 1 is 1.26 bits per heavy atom. The van der Waals surface area contributed by atoms with E-state index in [9.17, 15) is 4.79 Å². The number of aromatic nitrogens is 1. The maximum absolute atomic E-state index is 12.4. The van der Waals surface area contributed by atoms with Gasteiger partial charge in [0.05, 0.1) is 0 Å². The highest BCUT2D eigenvalue weighted by Crippen LogP contribution is 2.27. The van der Waals surface area contributed by atoms with E-state index in [-0.39, 0.29) is 11.3 Å². The monoisotopic (exact) mass is 323 g/mol. The van der Waals surface area contributed by atoms with E-state index in [2.05, 4.69) is 43.2 Å². The fourth-order valence-corrected chi connectivity index (χ4v) is 3.08. The molecule has 0 saturated heterocycles. The summed E-state index contributed by atoms with van der Waals surface area (Å²) in [6.45, 7) is 13.2. The first-order valence-electron chi connectivity index (χ1n) is 8.84. The van der Waals surface area contributed by atoms with Crippen LogP contribution in [-0.2, 0) is 6.42 Å². The van der Waals surface area contributed by atoms with Gasteiger partial charge >= 0.3 is 0 Å². The first kappa shape index (κ1) is 19.7. The lowest BCUT2D eigenvalue weighted by Crippen LogP contribution is -2.44. The molecule has 23 heavy (non-hydrogen) atoms. The molecule has 0 unspecified atom stereocenters. The number of hydrogen-bond donors (Lipinski definition) is 1. The van der Waals surface area contributed by atoms with Gasteiger partial charge in [-0.3, -0.25) is 4.79 Å². The molecular formula is C18H33N3O2. The highest BCUT2D eigenvalue weighted by atomic mass is 16.5. The SMILES string of the molecule is CCCN(C)CC(CC)(CC)CNC(=O)c1noc(CC)c1C. The van der Waals surface area contributed by atoms with E-state index in [1.807, 2.05) is 13.8 Å². The topological polar surface area (TPSA) is 58.4 Å². The number of nitrogens with zero attached hydrogens (tertiary/aromatic N) is 2. The molecule has 1 aromatic heterocycles. The Morgan fingerprint density at radius 3 is 2.39 bits per heavy atom. The van der Waals surface area contributed by atoms with Gasteiger partial charge in [0.2, 0.25) is 0 Å². The number of nitrogens with one attached hydrogen (secondary N) is 1. The van der Waals surface area contributed by atoms with Gasteiger partial charge < -0.3 is 14.7 Å². The number of carbonyl (C=O) groups is 1. The minimum Gasteiger partial charge on any atom is -0.360 e. The number of rotatable bonds is 10. The molecular weight excluding hydrogens is 290 g/mol. The molecule has 0 fully saturated rings. The number of hydrogen-bond acceptors (Lipinski definition) is 4. The highest BCUT2D eigenvalue weighted by Gasteiger charge is 2.29. The third kappa shape index (κ3) is 5.06. The Morgan fingerprint density at radius 2 is 1.91 bits per heavy atom. The predicted molar refractivity (Wildman–Crippen MR) is 93.8 cm³/mol. The summed E-state index contributed by atoms with van der Waals surface area (Å²) >= 11 is 0. The molecule has 0 bridgehead atoms. The molecule has 1 heterocycles. The van der Waals surface area contributed by atoms with Crippen LogP contribution in [0.2, 0.25) is 0 Å². The summed E-state index contributed by atoms with van der Waals surface area (Å²) in [7, 11) is 2.15. The van der Waals surface area contributed by atoms with Gasteiger partial charge in [0.15, 0.2) is 5.69 Å². The van der Waals surface area contributed by atoms with Crippen LogP contribution in [0.25, 0.3) is 0 Å². The van der Waals surface area contributed by atoms with Crippen LogP contribution in [0.1, 0.15) is 68.8 Å². The van der Waals surface area contributed by atoms with Crippen LogP contribution in [0.4, 0.5) is 0 Å². The number of amides is 1. The van der Waals surface area contributed by atoms with Crippen molar-refractivity contribution in [3.8, 4) is 0 Å². The molecule has 132 valence electrons. The summed E-state index contributed by atoms with van der Waals surface area (Å²) in [6, 6.07) is 0. The van der Waals surface area contributed by atoms with Crippen LogP contribution in [0.15, 0.2) is 4.52 Å². The molecule has 5 nitrogen and oxygen atoms in total. The van der Waals surface area contributed by atoms with Crippen LogP contribution < -0.4 is 5.32 Å². The Balaban J connectivity index is 2.73. The van der Waals surface area contributed by atoms with Gasteiger partial charge in [-0.05, 0) is 45.2 Å². The first-order chi connectivity index (χ1) is 10.9. The largest absolute Gasteiger partial charge is 0.360 e. The average molecular weight is 323 g/mol. The van der Waals surface area contributed by atoms with E-state index >= 15 is 0 Å². The molecule has 0 aliphatic carbocycles. The summed E-state index contributed by atoms with van der Waals surface area (Å²) in [5.41, 5.74) is 1.38. The third-order valence-electron chi connectivity index (χ3n) is 4.89. The lowest BCUT2D eigenvalue weighted by atomic mass is 9.81. The second-order valence-corrected chi connectivity index (χ2v) is 6.56. The summed E-state index contributed by atoms with van der Waals surface area (Å²) < 4.78 is 5.23. The zero-order chi connectivity index (χ0) is 17.5. The van der Waals surface area contributed by atoms with Crippen molar-refractivity contribution in [2.45, 2.75) is 60.3 Å². The minimum atomic E-state index is -0.129. The van der Waals surface area contributed by atoms with E-state index in [0.717, 1.165) is 50.1 Å². The van der Waals surface area contributed by atoms with Crippen molar-refractivity contribution < 1.29 is 9.32 Å². The summed E-state index contributed by atoms with van der Waals surface area (Å²) in [5, 5.41) is 7.01. The zero-order valence-corrected chi connectivity index (χ0v) is 15.7. The second kappa shape index (κ2) is 9.06. The zero-order valence-electron chi connectivity index (χ0n) is 15.7. The predicted octanol–water partition coefficient (Wildman–Crippen LogP) is 3.42. The quantitative estimate of drug-likeness (QED) is 0.717. The molecule has 1 N–H and O–H groups in total. The van der Waals surface area contributed by atoms with Gasteiger partial charge in [-0.1, -0.05) is 32.9 Å². The van der Waals surface area contributed by atoms with Crippen LogP contribution in [-0.4, -0.2) is 42.6 Å². The van der Waals surface area contributed by atoms with Crippen LogP contribution in [0.5, 0.6) is 0 Å². The van der Waals surface area contributed by atoms with Crippen LogP contribution >= 0.6 is 0 Å². The van der Waals surface area contributed by atoms with Gasteiger partial charge in [-0.25, -0.2) is 0 Å². The van der Waals surface area contributed by atoms with Crippen molar-refractivity contribution in [2.24, 2.45) is 5.41 Å². The lowest BCUT2D eigenvalue weighted by Gasteiger charge is -2.35.